The topological polar surface area (TPSA) is 12.0 Å². The maximum absolute atomic E-state index is 13.6. The molecule has 0 amide bonds. The van der Waals surface area contributed by atoms with E-state index in [1.54, 1.807) is 0 Å². The minimum atomic E-state index is -0.621. The van der Waals surface area contributed by atoms with Crippen LogP contribution in [0, 0.1) is 11.6 Å². The molecule has 1 unspecified atom stereocenters. The van der Waals surface area contributed by atoms with Crippen LogP contribution in [0.4, 0.5) is 14.5 Å². The molecular formula is C12H9BrClF2NS. The van der Waals surface area contributed by atoms with Gasteiger partial charge in [0.15, 0.2) is 0 Å². The molecule has 1 atom stereocenters. The maximum atomic E-state index is 13.6. The van der Waals surface area contributed by atoms with Crippen LogP contribution in [0.3, 0.4) is 0 Å². The summed E-state index contributed by atoms with van der Waals surface area (Å²) in [6.07, 6.45) is 0. The van der Waals surface area contributed by atoms with Crippen molar-refractivity contribution in [3.63, 3.8) is 0 Å². The van der Waals surface area contributed by atoms with Crippen molar-refractivity contribution in [2.24, 2.45) is 0 Å². The molecule has 96 valence electrons. The molecule has 0 aliphatic heterocycles. The average Bonchev–Trinajstić information content (AvgIpc) is 2.73. The van der Waals surface area contributed by atoms with Crippen LogP contribution in [0.2, 0.25) is 4.34 Å². The molecule has 0 saturated carbocycles. The summed E-state index contributed by atoms with van der Waals surface area (Å²) in [6.45, 7) is 1.88. The number of hydrogen-bond donors (Lipinski definition) is 1. The summed E-state index contributed by atoms with van der Waals surface area (Å²) in [6, 6.07) is 3.94. The molecule has 6 heteroatoms. The molecule has 0 spiro atoms. The molecule has 2 rings (SSSR count). The quantitative estimate of drug-likeness (QED) is 0.707. The first-order chi connectivity index (χ1) is 8.47. The largest absolute Gasteiger partial charge is 0.376 e. The van der Waals surface area contributed by atoms with Crippen LogP contribution < -0.4 is 5.32 Å². The maximum Gasteiger partial charge on any atom is 0.149 e. The average molecular weight is 353 g/mol. The Morgan fingerprint density at radius 3 is 2.61 bits per heavy atom. The van der Waals surface area contributed by atoms with Crippen LogP contribution in [0.15, 0.2) is 28.1 Å². The van der Waals surface area contributed by atoms with Gasteiger partial charge in [0.05, 0.1) is 14.5 Å². The van der Waals surface area contributed by atoms with Crippen molar-refractivity contribution in [3.8, 4) is 0 Å². The first-order valence-corrected chi connectivity index (χ1v) is 7.17. The van der Waals surface area contributed by atoms with Gasteiger partial charge in [-0.2, -0.15) is 0 Å². The van der Waals surface area contributed by atoms with Crippen molar-refractivity contribution in [1.82, 2.24) is 0 Å². The zero-order chi connectivity index (χ0) is 13.3. The van der Waals surface area contributed by atoms with Gasteiger partial charge in [-0.3, -0.25) is 0 Å². The van der Waals surface area contributed by atoms with Gasteiger partial charge in [0.2, 0.25) is 0 Å². The van der Waals surface area contributed by atoms with E-state index in [1.807, 2.05) is 18.4 Å². The third-order valence-electron chi connectivity index (χ3n) is 2.47. The lowest BCUT2D eigenvalue weighted by Crippen LogP contribution is -2.07. The van der Waals surface area contributed by atoms with E-state index in [9.17, 15) is 8.78 Å². The van der Waals surface area contributed by atoms with Crippen molar-refractivity contribution in [1.29, 1.82) is 0 Å². The molecule has 0 fully saturated rings. The molecule has 1 N–H and O–H groups in total. The van der Waals surface area contributed by atoms with E-state index in [-0.39, 0.29) is 16.2 Å². The van der Waals surface area contributed by atoms with Gasteiger partial charge in [-0.15, -0.1) is 11.3 Å². The predicted molar refractivity (Wildman–Crippen MR) is 75.4 cm³/mol. The number of hydrogen-bond acceptors (Lipinski definition) is 2. The van der Waals surface area contributed by atoms with Crippen LogP contribution in [0.5, 0.6) is 0 Å². The van der Waals surface area contributed by atoms with Gasteiger partial charge in [0, 0.05) is 12.1 Å². The fraction of sp³-hybridized carbons (Fsp3) is 0.167. The lowest BCUT2D eigenvalue weighted by Gasteiger charge is -2.15. The van der Waals surface area contributed by atoms with Gasteiger partial charge in [0.25, 0.3) is 0 Å². The Morgan fingerprint density at radius 1 is 1.28 bits per heavy atom. The minimum Gasteiger partial charge on any atom is -0.376 e. The molecule has 0 aliphatic carbocycles. The summed E-state index contributed by atoms with van der Waals surface area (Å²) in [5.41, 5.74) is 1.21. The lowest BCUT2D eigenvalue weighted by molar-refractivity contribution is 0.579. The predicted octanol–water partition coefficient (Wildman–Crippen LogP) is 5.62. The Hall–Kier alpha value is -0.650. The smallest absolute Gasteiger partial charge is 0.149 e. The van der Waals surface area contributed by atoms with E-state index in [1.165, 1.54) is 17.4 Å². The van der Waals surface area contributed by atoms with Crippen molar-refractivity contribution in [3.05, 3.63) is 49.6 Å². The van der Waals surface area contributed by atoms with Crippen LogP contribution >= 0.6 is 38.9 Å². The summed E-state index contributed by atoms with van der Waals surface area (Å²) in [4.78, 5) is 0. The van der Waals surface area contributed by atoms with E-state index in [2.05, 4.69) is 21.2 Å². The molecule has 0 radical (unpaired) electrons. The van der Waals surface area contributed by atoms with E-state index < -0.39 is 11.6 Å². The van der Waals surface area contributed by atoms with Gasteiger partial charge < -0.3 is 5.32 Å². The van der Waals surface area contributed by atoms with Gasteiger partial charge in [0.1, 0.15) is 11.6 Å². The number of benzene rings is 1. The third-order valence-corrected chi connectivity index (χ3v) is 4.19. The van der Waals surface area contributed by atoms with Crippen molar-refractivity contribution >= 4 is 44.6 Å². The Kier molecular flexibility index (Phi) is 4.25. The van der Waals surface area contributed by atoms with Gasteiger partial charge in [-0.25, -0.2) is 8.78 Å². The molecular weight excluding hydrogens is 344 g/mol. The highest BCUT2D eigenvalue weighted by atomic mass is 79.9. The van der Waals surface area contributed by atoms with Gasteiger partial charge >= 0.3 is 0 Å². The lowest BCUT2D eigenvalue weighted by atomic mass is 10.1. The summed E-state index contributed by atoms with van der Waals surface area (Å²) in [7, 11) is 0. The van der Waals surface area contributed by atoms with E-state index in [0.29, 0.717) is 4.34 Å². The highest BCUT2D eigenvalue weighted by Gasteiger charge is 2.12. The van der Waals surface area contributed by atoms with Crippen molar-refractivity contribution in [2.45, 2.75) is 13.0 Å². The van der Waals surface area contributed by atoms with Gasteiger partial charge in [-0.05, 0) is 45.9 Å². The molecule has 1 aromatic carbocycles. The Morgan fingerprint density at radius 2 is 2.00 bits per heavy atom. The number of rotatable bonds is 3. The van der Waals surface area contributed by atoms with Crippen molar-refractivity contribution < 1.29 is 8.78 Å². The second kappa shape index (κ2) is 5.55. The molecule has 2 aromatic rings. The molecule has 0 aliphatic rings. The van der Waals surface area contributed by atoms with E-state index >= 15 is 0 Å². The zero-order valence-corrected chi connectivity index (χ0v) is 12.5. The second-order valence-electron chi connectivity index (χ2n) is 3.80. The molecule has 18 heavy (non-hydrogen) atoms. The molecule has 1 aromatic heterocycles. The molecule has 0 saturated heterocycles. The highest BCUT2D eigenvalue weighted by Crippen LogP contribution is 2.30. The summed E-state index contributed by atoms with van der Waals surface area (Å²) < 4.78 is 27.6. The minimum absolute atomic E-state index is 0.111. The second-order valence-corrected chi connectivity index (χ2v) is 6.19. The SMILES string of the molecule is CC(Nc1cc(Br)c(F)cc1F)c1csc(Cl)c1. The number of nitrogens with one attached hydrogen (secondary N) is 1. The number of anilines is 1. The summed E-state index contributed by atoms with van der Waals surface area (Å²) in [5, 5.41) is 4.88. The fourth-order valence-corrected chi connectivity index (χ4v) is 2.83. The summed E-state index contributed by atoms with van der Waals surface area (Å²) in [5.74, 6) is -1.24. The Balaban J connectivity index is 2.21. The molecule has 1 nitrogen and oxygen atoms in total. The first-order valence-electron chi connectivity index (χ1n) is 5.12. The fourth-order valence-electron chi connectivity index (χ4n) is 1.50. The Labute approximate surface area is 121 Å². The van der Waals surface area contributed by atoms with E-state index in [4.69, 9.17) is 11.6 Å². The number of halogens is 4. The monoisotopic (exact) mass is 351 g/mol. The molecule has 1 heterocycles. The third kappa shape index (κ3) is 3.02. The standard InChI is InChI=1S/C12H9BrClF2NS/c1-6(7-2-12(14)18-5-7)17-11-3-8(13)9(15)4-10(11)16/h2-6,17H,1H3. The molecule has 0 bridgehead atoms. The highest BCUT2D eigenvalue weighted by molar-refractivity contribution is 9.10. The Bertz CT molecular complexity index is 573. The normalized spacial score (nSPS) is 12.5. The first kappa shape index (κ1) is 13.8. The van der Waals surface area contributed by atoms with E-state index in [0.717, 1.165) is 11.6 Å². The van der Waals surface area contributed by atoms with Crippen molar-refractivity contribution in [2.75, 3.05) is 5.32 Å². The van der Waals surface area contributed by atoms with Crippen LogP contribution in [0.1, 0.15) is 18.5 Å². The zero-order valence-electron chi connectivity index (χ0n) is 9.31. The van der Waals surface area contributed by atoms with Crippen LogP contribution in [-0.4, -0.2) is 0 Å². The van der Waals surface area contributed by atoms with Crippen LogP contribution in [-0.2, 0) is 0 Å². The number of thiophene rings is 1. The van der Waals surface area contributed by atoms with Gasteiger partial charge in [-0.1, -0.05) is 11.6 Å². The van der Waals surface area contributed by atoms with Crippen LogP contribution in [0.25, 0.3) is 0 Å². The summed E-state index contributed by atoms with van der Waals surface area (Å²) >= 11 is 10.3.